The average molecular weight is 337 g/mol. The van der Waals surface area contributed by atoms with Gasteiger partial charge in [-0.1, -0.05) is 6.07 Å². The summed E-state index contributed by atoms with van der Waals surface area (Å²) >= 11 is 0. The number of carbonyl (C=O) groups excluding carboxylic acids is 2. The highest BCUT2D eigenvalue weighted by atomic mass is 16.5. The summed E-state index contributed by atoms with van der Waals surface area (Å²) in [7, 11) is 0. The Labute approximate surface area is 145 Å². The SMILES string of the molecule is O=C(Nc1ccc2c(c1)CCC2=O)N[C@H]1CCO[C@@H]1c1cccnc1. The van der Waals surface area contributed by atoms with Gasteiger partial charge in [-0.15, -0.1) is 0 Å². The molecule has 25 heavy (non-hydrogen) atoms. The van der Waals surface area contributed by atoms with Gasteiger partial charge in [-0.2, -0.15) is 0 Å². The van der Waals surface area contributed by atoms with Crippen LogP contribution < -0.4 is 10.6 Å². The van der Waals surface area contributed by atoms with Crippen molar-refractivity contribution < 1.29 is 14.3 Å². The third kappa shape index (κ3) is 3.25. The summed E-state index contributed by atoms with van der Waals surface area (Å²) in [5.74, 6) is 0.174. The molecule has 1 aromatic heterocycles. The van der Waals surface area contributed by atoms with Crippen LogP contribution in [0.4, 0.5) is 10.5 Å². The summed E-state index contributed by atoms with van der Waals surface area (Å²) in [5.41, 5.74) is 3.43. The summed E-state index contributed by atoms with van der Waals surface area (Å²) in [6.45, 7) is 0.603. The van der Waals surface area contributed by atoms with Crippen LogP contribution in [0.1, 0.15) is 40.4 Å². The Morgan fingerprint density at radius 3 is 3.00 bits per heavy atom. The van der Waals surface area contributed by atoms with Gasteiger partial charge in [-0.3, -0.25) is 9.78 Å². The topological polar surface area (TPSA) is 80.3 Å². The van der Waals surface area contributed by atoms with Crippen molar-refractivity contribution in [3.63, 3.8) is 0 Å². The van der Waals surface area contributed by atoms with Gasteiger partial charge in [0.2, 0.25) is 0 Å². The molecule has 2 atom stereocenters. The molecule has 1 saturated heterocycles. The molecule has 2 amide bonds. The number of ether oxygens (including phenoxy) is 1. The number of amides is 2. The van der Waals surface area contributed by atoms with Gasteiger partial charge in [0.05, 0.1) is 6.04 Å². The molecule has 0 spiro atoms. The number of benzene rings is 1. The molecule has 1 aliphatic carbocycles. The Bertz CT molecular complexity index is 807. The van der Waals surface area contributed by atoms with Gasteiger partial charge >= 0.3 is 6.03 Å². The van der Waals surface area contributed by atoms with E-state index >= 15 is 0 Å². The molecule has 0 saturated carbocycles. The van der Waals surface area contributed by atoms with Gasteiger partial charge in [0.1, 0.15) is 6.10 Å². The maximum Gasteiger partial charge on any atom is 0.319 e. The molecule has 1 aliphatic heterocycles. The fourth-order valence-electron chi connectivity index (χ4n) is 3.48. The van der Waals surface area contributed by atoms with Crippen molar-refractivity contribution in [2.75, 3.05) is 11.9 Å². The normalized spacial score (nSPS) is 21.8. The Morgan fingerprint density at radius 2 is 2.16 bits per heavy atom. The molecule has 2 aromatic rings. The van der Waals surface area contributed by atoms with Crippen LogP contribution in [0.5, 0.6) is 0 Å². The molecule has 1 fully saturated rings. The third-order valence-corrected chi connectivity index (χ3v) is 4.71. The van der Waals surface area contributed by atoms with Crippen LogP contribution in [0, 0.1) is 0 Å². The van der Waals surface area contributed by atoms with Gasteiger partial charge in [0, 0.05) is 42.2 Å². The number of fused-ring (bicyclic) bond motifs is 1. The lowest BCUT2D eigenvalue weighted by Gasteiger charge is -2.20. The molecule has 2 aliphatic rings. The van der Waals surface area contributed by atoms with E-state index in [0.29, 0.717) is 18.7 Å². The third-order valence-electron chi connectivity index (χ3n) is 4.71. The fourth-order valence-corrected chi connectivity index (χ4v) is 3.48. The molecule has 128 valence electrons. The first-order chi connectivity index (χ1) is 12.2. The maximum atomic E-state index is 12.3. The van der Waals surface area contributed by atoms with Crippen LogP contribution in [0.3, 0.4) is 0 Å². The van der Waals surface area contributed by atoms with Crippen molar-refractivity contribution in [1.29, 1.82) is 0 Å². The molecule has 4 rings (SSSR count). The Balaban J connectivity index is 1.41. The summed E-state index contributed by atoms with van der Waals surface area (Å²) in [4.78, 5) is 28.1. The van der Waals surface area contributed by atoms with Crippen molar-refractivity contribution in [2.45, 2.75) is 31.4 Å². The van der Waals surface area contributed by atoms with E-state index in [-0.39, 0.29) is 24.0 Å². The summed E-state index contributed by atoms with van der Waals surface area (Å²) in [6.07, 6.45) is 5.34. The van der Waals surface area contributed by atoms with Crippen molar-refractivity contribution in [3.05, 3.63) is 59.4 Å². The van der Waals surface area contributed by atoms with Crippen LogP contribution in [0.2, 0.25) is 0 Å². The quantitative estimate of drug-likeness (QED) is 0.902. The predicted octanol–water partition coefficient (Wildman–Crippen LogP) is 2.86. The number of aromatic nitrogens is 1. The van der Waals surface area contributed by atoms with E-state index in [9.17, 15) is 9.59 Å². The van der Waals surface area contributed by atoms with Gasteiger partial charge in [-0.25, -0.2) is 4.79 Å². The fraction of sp³-hybridized carbons (Fsp3) is 0.316. The number of nitrogens with one attached hydrogen (secondary N) is 2. The smallest absolute Gasteiger partial charge is 0.319 e. The largest absolute Gasteiger partial charge is 0.371 e. The van der Waals surface area contributed by atoms with E-state index in [2.05, 4.69) is 15.6 Å². The highest BCUT2D eigenvalue weighted by molar-refractivity contribution is 6.01. The minimum absolute atomic E-state index is 0.0970. The first-order valence-corrected chi connectivity index (χ1v) is 8.46. The first-order valence-electron chi connectivity index (χ1n) is 8.46. The molecular formula is C19H19N3O3. The van der Waals surface area contributed by atoms with Crippen molar-refractivity contribution >= 4 is 17.5 Å². The second-order valence-electron chi connectivity index (χ2n) is 6.37. The van der Waals surface area contributed by atoms with Gasteiger partial charge in [0.25, 0.3) is 0 Å². The number of aryl methyl sites for hydroxylation is 1. The second kappa shape index (κ2) is 6.64. The molecule has 0 radical (unpaired) electrons. The van der Waals surface area contributed by atoms with E-state index in [0.717, 1.165) is 29.5 Å². The van der Waals surface area contributed by atoms with Gasteiger partial charge < -0.3 is 15.4 Å². The molecule has 0 unspecified atom stereocenters. The lowest BCUT2D eigenvalue weighted by Crippen LogP contribution is -2.39. The molecule has 1 aromatic carbocycles. The van der Waals surface area contributed by atoms with E-state index < -0.39 is 0 Å². The van der Waals surface area contributed by atoms with Crippen molar-refractivity contribution in [2.24, 2.45) is 0 Å². The number of urea groups is 1. The Hall–Kier alpha value is -2.73. The number of anilines is 1. The molecule has 0 bridgehead atoms. The van der Waals surface area contributed by atoms with E-state index in [4.69, 9.17) is 4.74 Å². The van der Waals surface area contributed by atoms with Gasteiger partial charge in [0.15, 0.2) is 5.78 Å². The molecule has 6 nitrogen and oxygen atoms in total. The minimum Gasteiger partial charge on any atom is -0.371 e. The number of ketones is 1. The molecular weight excluding hydrogens is 318 g/mol. The minimum atomic E-state index is -0.270. The van der Waals surface area contributed by atoms with Gasteiger partial charge in [-0.05, 0) is 42.7 Å². The van der Waals surface area contributed by atoms with E-state index in [1.165, 1.54) is 0 Å². The lowest BCUT2D eigenvalue weighted by molar-refractivity contribution is 0.0994. The van der Waals surface area contributed by atoms with Crippen molar-refractivity contribution in [1.82, 2.24) is 10.3 Å². The molecule has 2 heterocycles. The highest BCUT2D eigenvalue weighted by Crippen LogP contribution is 2.29. The Morgan fingerprint density at radius 1 is 1.24 bits per heavy atom. The van der Waals surface area contributed by atoms with Crippen LogP contribution in [0.15, 0.2) is 42.7 Å². The number of pyridine rings is 1. The van der Waals surface area contributed by atoms with Crippen LogP contribution >= 0.6 is 0 Å². The number of nitrogens with zero attached hydrogens (tertiary/aromatic N) is 1. The zero-order chi connectivity index (χ0) is 17.2. The summed E-state index contributed by atoms with van der Waals surface area (Å²) in [6, 6.07) is 8.88. The number of Topliss-reactive ketones (excluding diaryl/α,β-unsaturated/α-hetero) is 1. The number of hydrogen-bond donors (Lipinski definition) is 2. The number of rotatable bonds is 3. The number of carbonyl (C=O) groups is 2. The van der Waals surface area contributed by atoms with E-state index in [1.807, 2.05) is 18.2 Å². The molecule has 2 N–H and O–H groups in total. The van der Waals surface area contributed by atoms with Crippen molar-refractivity contribution in [3.8, 4) is 0 Å². The van der Waals surface area contributed by atoms with E-state index in [1.54, 1.807) is 24.5 Å². The summed E-state index contributed by atoms with van der Waals surface area (Å²) in [5, 5.41) is 5.84. The predicted molar refractivity (Wildman–Crippen MR) is 92.6 cm³/mol. The average Bonchev–Trinajstić information content (AvgIpc) is 3.22. The zero-order valence-electron chi connectivity index (χ0n) is 13.7. The van der Waals surface area contributed by atoms with Crippen LogP contribution in [0.25, 0.3) is 0 Å². The van der Waals surface area contributed by atoms with Crippen LogP contribution in [-0.4, -0.2) is 29.4 Å². The number of hydrogen-bond acceptors (Lipinski definition) is 4. The summed E-state index contributed by atoms with van der Waals surface area (Å²) < 4.78 is 5.76. The van der Waals surface area contributed by atoms with Crippen LogP contribution in [-0.2, 0) is 11.2 Å². The lowest BCUT2D eigenvalue weighted by atomic mass is 10.0. The maximum absolute atomic E-state index is 12.3. The first kappa shape index (κ1) is 15.8. The second-order valence-corrected chi connectivity index (χ2v) is 6.37. The molecule has 6 heteroatoms. The Kier molecular flexibility index (Phi) is 4.19. The monoisotopic (exact) mass is 337 g/mol. The highest BCUT2D eigenvalue weighted by Gasteiger charge is 2.31. The zero-order valence-corrected chi connectivity index (χ0v) is 13.7. The standard InChI is InChI=1S/C19H19N3O3/c23-17-6-3-12-10-14(4-5-15(12)17)21-19(24)22-16-7-9-25-18(16)13-2-1-8-20-11-13/h1-2,4-5,8,10-11,16,18H,3,6-7,9H2,(H2,21,22,24)/t16-,18+/m0/s1.